The number of carbonyl (C=O) groups excluding carboxylic acids is 1. The number of likely N-dealkylation sites (tertiary alicyclic amines) is 1. The summed E-state index contributed by atoms with van der Waals surface area (Å²) in [5.74, 6) is -0.0249. The van der Waals surface area contributed by atoms with Crippen LogP contribution >= 0.6 is 0 Å². The summed E-state index contributed by atoms with van der Waals surface area (Å²) in [5, 5.41) is 0. The number of nitrogens with zero attached hydrogens (tertiary/aromatic N) is 2. The lowest BCUT2D eigenvalue weighted by molar-refractivity contribution is -0.908. The molecule has 1 heterocycles. The average molecular weight is 272 g/mol. The summed E-state index contributed by atoms with van der Waals surface area (Å²) in [4.78, 5) is 11.9. The molecule has 0 aromatic carbocycles. The third-order valence-electron chi connectivity index (χ3n) is 4.83. The molecule has 0 aromatic heterocycles. The molecule has 0 aromatic rings. The van der Waals surface area contributed by atoms with Gasteiger partial charge in [-0.25, -0.2) is 4.79 Å². The van der Waals surface area contributed by atoms with Gasteiger partial charge in [-0.2, -0.15) is 0 Å². The Morgan fingerprint density at radius 1 is 1.16 bits per heavy atom. The maximum absolute atomic E-state index is 11.9. The monoisotopic (exact) mass is 272 g/mol. The van der Waals surface area contributed by atoms with Crippen molar-refractivity contribution in [3.05, 3.63) is 0 Å². The van der Waals surface area contributed by atoms with Crippen LogP contribution in [0.4, 0.5) is 0 Å². The van der Waals surface area contributed by atoms with Gasteiger partial charge in [-0.15, -0.1) is 0 Å². The normalized spacial score (nSPS) is 19.2. The molecule has 0 spiro atoms. The zero-order valence-corrected chi connectivity index (χ0v) is 13.3. The molecule has 0 bridgehead atoms. The quantitative estimate of drug-likeness (QED) is 0.520. The summed E-state index contributed by atoms with van der Waals surface area (Å²) in [5.41, 5.74) is 0. The molecule has 1 aliphatic heterocycles. The van der Waals surface area contributed by atoms with Crippen LogP contribution in [0.1, 0.15) is 33.1 Å². The highest BCUT2D eigenvalue weighted by Gasteiger charge is 2.28. The molecule has 1 aliphatic rings. The molecule has 112 valence electrons. The lowest BCUT2D eigenvalue weighted by Gasteiger charge is -2.36. The van der Waals surface area contributed by atoms with Gasteiger partial charge in [0.25, 0.3) is 0 Å². The summed E-state index contributed by atoms with van der Waals surface area (Å²) in [6.45, 7) is 10.8. The molecule has 0 aliphatic carbocycles. The first-order valence-corrected chi connectivity index (χ1v) is 7.76. The molecule has 4 nitrogen and oxygen atoms in total. The number of piperidine rings is 1. The Bertz CT molecular complexity index is 282. The second kappa shape index (κ2) is 7.25. The molecular weight excluding hydrogens is 240 g/mol. The van der Waals surface area contributed by atoms with Gasteiger partial charge in [-0.3, -0.25) is 0 Å². The number of likely N-dealkylation sites (N-methyl/N-ethyl adjacent to an activating group) is 2. The Kier molecular flexibility index (Phi) is 6.27. The van der Waals surface area contributed by atoms with Gasteiger partial charge < -0.3 is 13.7 Å². The number of rotatable bonds is 7. The number of ether oxygens (including phenoxy) is 1. The van der Waals surface area contributed by atoms with Crippen LogP contribution in [-0.4, -0.2) is 74.9 Å². The minimum absolute atomic E-state index is 0.0249. The van der Waals surface area contributed by atoms with Crippen molar-refractivity contribution in [2.75, 3.05) is 60.0 Å². The first-order valence-electron chi connectivity index (χ1n) is 7.76. The van der Waals surface area contributed by atoms with Crippen LogP contribution in [0.25, 0.3) is 0 Å². The number of esters is 1. The largest absolute Gasteiger partial charge is 0.456 e. The number of hydrogen-bond donors (Lipinski definition) is 0. The van der Waals surface area contributed by atoms with E-state index in [2.05, 4.69) is 27.9 Å². The number of quaternary nitrogens is 2. The third-order valence-corrected chi connectivity index (χ3v) is 4.83. The molecule has 0 saturated carbocycles. The fraction of sp³-hybridized carbons (Fsp3) is 0.933. The van der Waals surface area contributed by atoms with Crippen LogP contribution in [0.2, 0.25) is 0 Å². The van der Waals surface area contributed by atoms with Crippen molar-refractivity contribution >= 4 is 5.97 Å². The Morgan fingerprint density at radius 3 is 2.26 bits per heavy atom. The van der Waals surface area contributed by atoms with E-state index in [9.17, 15) is 4.79 Å². The Hall–Kier alpha value is -0.610. The fourth-order valence-electron chi connectivity index (χ4n) is 2.71. The molecule has 0 amide bonds. The Labute approximate surface area is 118 Å². The Morgan fingerprint density at radius 2 is 1.74 bits per heavy atom. The summed E-state index contributed by atoms with van der Waals surface area (Å²) in [7, 11) is 4.39. The van der Waals surface area contributed by atoms with Crippen molar-refractivity contribution in [3.8, 4) is 0 Å². The van der Waals surface area contributed by atoms with E-state index >= 15 is 0 Å². The number of carbonyl (C=O) groups is 1. The van der Waals surface area contributed by atoms with Crippen LogP contribution in [0.15, 0.2) is 0 Å². The fourth-order valence-corrected chi connectivity index (χ4v) is 2.71. The van der Waals surface area contributed by atoms with Gasteiger partial charge in [0.15, 0.2) is 6.54 Å². The molecule has 1 fully saturated rings. The smallest absolute Gasteiger partial charge is 0.361 e. The van der Waals surface area contributed by atoms with Gasteiger partial charge >= 0.3 is 5.97 Å². The van der Waals surface area contributed by atoms with E-state index in [0.717, 1.165) is 41.7 Å². The van der Waals surface area contributed by atoms with Crippen LogP contribution in [0.3, 0.4) is 0 Å². The molecule has 0 unspecified atom stereocenters. The minimum atomic E-state index is -0.0249. The Balaban J connectivity index is 2.28. The topological polar surface area (TPSA) is 26.3 Å². The number of hydrogen-bond acceptors (Lipinski definition) is 2. The summed E-state index contributed by atoms with van der Waals surface area (Å²) in [6.07, 6.45) is 3.79. The van der Waals surface area contributed by atoms with Gasteiger partial charge in [0, 0.05) is 0 Å². The summed E-state index contributed by atoms with van der Waals surface area (Å²) >= 11 is 0. The van der Waals surface area contributed by atoms with Gasteiger partial charge in [0.05, 0.1) is 40.3 Å². The molecule has 0 N–H and O–H groups in total. The maximum Gasteiger partial charge on any atom is 0.361 e. The SMILES string of the molecule is CC[N+](C)(CC)CCOC(=O)C[N+]1(C)CCCCC1. The van der Waals surface area contributed by atoms with E-state index in [4.69, 9.17) is 4.74 Å². The highest BCUT2D eigenvalue weighted by molar-refractivity contribution is 5.70. The molecule has 0 atom stereocenters. The summed E-state index contributed by atoms with van der Waals surface area (Å²) in [6, 6.07) is 0. The van der Waals surface area contributed by atoms with Crippen molar-refractivity contribution in [1.29, 1.82) is 0 Å². The van der Waals surface area contributed by atoms with Crippen molar-refractivity contribution < 1.29 is 18.5 Å². The second-order valence-corrected chi connectivity index (χ2v) is 6.48. The van der Waals surface area contributed by atoms with Crippen molar-refractivity contribution in [2.24, 2.45) is 0 Å². The van der Waals surface area contributed by atoms with E-state index < -0.39 is 0 Å². The van der Waals surface area contributed by atoms with Gasteiger partial charge in [-0.05, 0) is 33.1 Å². The van der Waals surface area contributed by atoms with E-state index in [1.54, 1.807) is 0 Å². The van der Waals surface area contributed by atoms with Crippen molar-refractivity contribution in [2.45, 2.75) is 33.1 Å². The van der Waals surface area contributed by atoms with E-state index in [0.29, 0.717) is 13.2 Å². The van der Waals surface area contributed by atoms with Crippen LogP contribution < -0.4 is 0 Å². The summed E-state index contributed by atoms with van der Waals surface area (Å²) < 4.78 is 7.28. The lowest BCUT2D eigenvalue weighted by Crippen LogP contribution is -2.51. The van der Waals surface area contributed by atoms with Gasteiger partial charge in [0.2, 0.25) is 0 Å². The zero-order valence-electron chi connectivity index (χ0n) is 13.3. The standard InChI is InChI=1S/C15H32N2O2/c1-5-16(3,6-2)12-13-19-15(18)14-17(4)10-8-7-9-11-17/h5-14H2,1-4H3/q+2. The molecule has 1 rings (SSSR count). The molecule has 1 saturated heterocycles. The molecule has 19 heavy (non-hydrogen) atoms. The van der Waals surface area contributed by atoms with E-state index in [-0.39, 0.29) is 5.97 Å². The predicted octanol–water partition coefficient (Wildman–Crippen LogP) is 1.65. The lowest BCUT2D eigenvalue weighted by atomic mass is 10.1. The highest BCUT2D eigenvalue weighted by atomic mass is 16.5. The average Bonchev–Trinajstić information content (AvgIpc) is 2.38. The van der Waals surface area contributed by atoms with E-state index in [1.807, 2.05) is 0 Å². The first-order chi connectivity index (χ1) is 8.93. The first kappa shape index (κ1) is 16.4. The third kappa shape index (κ3) is 5.49. The molecule has 0 radical (unpaired) electrons. The van der Waals surface area contributed by atoms with Crippen LogP contribution in [0, 0.1) is 0 Å². The molecular formula is C15H32N2O2+2. The van der Waals surface area contributed by atoms with Crippen molar-refractivity contribution in [1.82, 2.24) is 0 Å². The maximum atomic E-state index is 11.9. The van der Waals surface area contributed by atoms with Gasteiger partial charge in [0.1, 0.15) is 13.2 Å². The predicted molar refractivity (Wildman–Crippen MR) is 77.7 cm³/mol. The van der Waals surface area contributed by atoms with Crippen molar-refractivity contribution in [3.63, 3.8) is 0 Å². The van der Waals surface area contributed by atoms with Gasteiger partial charge in [-0.1, -0.05) is 0 Å². The molecule has 4 heteroatoms. The zero-order chi connectivity index (χ0) is 14.4. The second-order valence-electron chi connectivity index (χ2n) is 6.48. The van der Waals surface area contributed by atoms with Crippen LogP contribution in [-0.2, 0) is 9.53 Å². The van der Waals surface area contributed by atoms with Crippen LogP contribution in [0.5, 0.6) is 0 Å². The minimum Gasteiger partial charge on any atom is -0.456 e. The highest BCUT2D eigenvalue weighted by Crippen LogP contribution is 2.15. The van der Waals surface area contributed by atoms with E-state index in [1.165, 1.54) is 19.3 Å².